The van der Waals surface area contributed by atoms with Gasteiger partial charge < -0.3 is 19.9 Å². The van der Waals surface area contributed by atoms with Gasteiger partial charge in [0.2, 0.25) is 5.91 Å². The van der Waals surface area contributed by atoms with Gasteiger partial charge in [0.15, 0.2) is 0 Å². The van der Waals surface area contributed by atoms with E-state index in [1.165, 1.54) is 10.4 Å². The molecule has 2 atom stereocenters. The van der Waals surface area contributed by atoms with Crippen molar-refractivity contribution in [2.75, 3.05) is 32.8 Å². The molecule has 0 bridgehead atoms. The Labute approximate surface area is 201 Å². The monoisotopic (exact) mass is 471 g/mol. The molecule has 1 N–H and O–H groups in total. The molecule has 1 aromatic carbocycles. The molecule has 1 aliphatic heterocycles. The number of hydrogen-bond donors (Lipinski definition) is 1. The van der Waals surface area contributed by atoms with Crippen molar-refractivity contribution >= 4 is 23.3 Å². The molecule has 0 fully saturated rings. The van der Waals surface area contributed by atoms with E-state index in [2.05, 4.69) is 43.6 Å². The molecule has 1 aliphatic rings. The van der Waals surface area contributed by atoms with Crippen LogP contribution in [0.1, 0.15) is 54.8 Å². The normalized spacial score (nSPS) is 16.2. The van der Waals surface area contributed by atoms with E-state index >= 15 is 0 Å². The summed E-state index contributed by atoms with van der Waals surface area (Å²) >= 11 is 1.74. The van der Waals surface area contributed by atoms with Gasteiger partial charge in [0.05, 0.1) is 6.04 Å². The molecular weight excluding hydrogens is 434 g/mol. The van der Waals surface area contributed by atoms with E-state index < -0.39 is 0 Å². The van der Waals surface area contributed by atoms with Gasteiger partial charge in [-0.05, 0) is 61.7 Å². The van der Waals surface area contributed by atoms with Gasteiger partial charge in [0.25, 0.3) is 0 Å². The SMILES string of the molecule is CCNC(=O)N(CC(=O)N1CCc2sccc2[C@@H]1COc1ccc(C)cc1C)C[C@H](C)CC. The van der Waals surface area contributed by atoms with Gasteiger partial charge in [-0.3, -0.25) is 4.79 Å². The Morgan fingerprint density at radius 3 is 2.76 bits per heavy atom. The molecule has 0 saturated heterocycles. The van der Waals surface area contributed by atoms with Crippen LogP contribution in [0.15, 0.2) is 29.6 Å². The molecule has 180 valence electrons. The topological polar surface area (TPSA) is 61.9 Å². The third kappa shape index (κ3) is 6.28. The predicted molar refractivity (Wildman–Crippen MR) is 134 cm³/mol. The quantitative estimate of drug-likeness (QED) is 0.563. The first kappa shape index (κ1) is 25.1. The molecule has 0 saturated carbocycles. The summed E-state index contributed by atoms with van der Waals surface area (Å²) in [6.45, 7) is 12.4. The average molecular weight is 472 g/mol. The summed E-state index contributed by atoms with van der Waals surface area (Å²) in [6, 6.07) is 7.92. The molecule has 3 rings (SSSR count). The Balaban J connectivity index is 1.78. The van der Waals surface area contributed by atoms with E-state index in [9.17, 15) is 9.59 Å². The molecule has 0 unspecified atom stereocenters. The summed E-state index contributed by atoms with van der Waals surface area (Å²) in [4.78, 5) is 31.0. The van der Waals surface area contributed by atoms with Gasteiger partial charge >= 0.3 is 6.03 Å². The number of amides is 3. The van der Waals surface area contributed by atoms with Crippen LogP contribution in [0.4, 0.5) is 4.79 Å². The van der Waals surface area contributed by atoms with Crippen LogP contribution in [0.3, 0.4) is 0 Å². The van der Waals surface area contributed by atoms with E-state index in [0.717, 1.165) is 29.7 Å². The van der Waals surface area contributed by atoms with E-state index in [4.69, 9.17) is 4.74 Å². The highest BCUT2D eigenvalue weighted by molar-refractivity contribution is 7.10. The second-order valence-corrected chi connectivity index (χ2v) is 9.96. The fourth-order valence-corrected chi connectivity index (χ4v) is 5.17. The minimum absolute atomic E-state index is 0.0318. The van der Waals surface area contributed by atoms with Crippen molar-refractivity contribution in [2.45, 2.75) is 53.5 Å². The lowest BCUT2D eigenvalue weighted by molar-refractivity contribution is -0.135. The van der Waals surface area contributed by atoms with Crippen molar-refractivity contribution in [2.24, 2.45) is 5.92 Å². The standard InChI is InChI=1S/C26H37N3O3S/c1-6-18(3)15-28(26(31)27-7-2)16-25(30)29-12-10-24-21(11-13-33-24)22(29)17-32-23-9-8-19(4)14-20(23)5/h8-9,11,13-14,18,22H,6-7,10,12,15-17H2,1-5H3,(H,27,31)/t18-,22+/m1/s1. The molecule has 2 heterocycles. The highest BCUT2D eigenvalue weighted by Crippen LogP contribution is 2.34. The number of urea groups is 1. The first-order valence-corrected chi connectivity index (χ1v) is 12.8. The third-order valence-corrected chi connectivity index (χ3v) is 7.31. The minimum Gasteiger partial charge on any atom is -0.491 e. The number of thiophene rings is 1. The first-order chi connectivity index (χ1) is 15.8. The molecule has 0 radical (unpaired) electrons. The molecule has 2 aromatic rings. The van der Waals surface area contributed by atoms with Gasteiger partial charge in [-0.1, -0.05) is 38.0 Å². The van der Waals surface area contributed by atoms with E-state index in [1.807, 2.05) is 30.9 Å². The fraction of sp³-hybridized carbons (Fsp3) is 0.538. The van der Waals surface area contributed by atoms with Crippen LogP contribution in [0.25, 0.3) is 0 Å². The van der Waals surface area contributed by atoms with Crippen molar-refractivity contribution in [3.63, 3.8) is 0 Å². The zero-order chi connectivity index (χ0) is 24.0. The largest absolute Gasteiger partial charge is 0.491 e. The average Bonchev–Trinajstić information content (AvgIpc) is 3.27. The highest BCUT2D eigenvalue weighted by atomic mass is 32.1. The Kier molecular flexibility index (Phi) is 8.78. The molecule has 7 heteroatoms. The Bertz CT molecular complexity index is 958. The van der Waals surface area contributed by atoms with Gasteiger partial charge in [-0.15, -0.1) is 11.3 Å². The van der Waals surface area contributed by atoms with Crippen molar-refractivity contribution in [1.29, 1.82) is 0 Å². The number of fused-ring (bicyclic) bond motifs is 1. The zero-order valence-electron chi connectivity index (χ0n) is 20.5. The van der Waals surface area contributed by atoms with Gasteiger partial charge in [-0.25, -0.2) is 4.79 Å². The summed E-state index contributed by atoms with van der Waals surface area (Å²) in [6.07, 6.45) is 1.80. The van der Waals surface area contributed by atoms with E-state index in [0.29, 0.717) is 32.2 Å². The summed E-state index contributed by atoms with van der Waals surface area (Å²) in [7, 11) is 0. The maximum atomic E-state index is 13.5. The van der Waals surface area contributed by atoms with Crippen LogP contribution in [0.2, 0.25) is 0 Å². The molecule has 3 amide bonds. The van der Waals surface area contributed by atoms with Gasteiger partial charge in [0.1, 0.15) is 18.9 Å². The Morgan fingerprint density at radius 2 is 2.06 bits per heavy atom. The highest BCUT2D eigenvalue weighted by Gasteiger charge is 2.33. The smallest absolute Gasteiger partial charge is 0.317 e. The van der Waals surface area contributed by atoms with Crippen LogP contribution in [-0.2, 0) is 11.2 Å². The molecule has 1 aromatic heterocycles. The molecular formula is C26H37N3O3S. The van der Waals surface area contributed by atoms with Crippen LogP contribution < -0.4 is 10.1 Å². The maximum absolute atomic E-state index is 13.5. The number of ether oxygens (including phenoxy) is 1. The van der Waals surface area contributed by atoms with Gasteiger partial charge in [0, 0.05) is 24.5 Å². The minimum atomic E-state index is -0.178. The van der Waals surface area contributed by atoms with Crippen molar-refractivity contribution in [3.8, 4) is 5.75 Å². The molecule has 6 nitrogen and oxygen atoms in total. The fourth-order valence-electron chi connectivity index (χ4n) is 4.25. The summed E-state index contributed by atoms with van der Waals surface area (Å²) < 4.78 is 6.23. The van der Waals surface area contributed by atoms with Crippen molar-refractivity contribution in [1.82, 2.24) is 15.1 Å². The summed E-state index contributed by atoms with van der Waals surface area (Å²) in [5.74, 6) is 1.14. The lowest BCUT2D eigenvalue weighted by Crippen LogP contribution is -2.50. The lowest BCUT2D eigenvalue weighted by atomic mass is 10.00. The van der Waals surface area contributed by atoms with Crippen molar-refractivity contribution in [3.05, 3.63) is 51.2 Å². The number of benzene rings is 1. The lowest BCUT2D eigenvalue weighted by Gasteiger charge is -2.37. The number of carbonyl (C=O) groups excluding carboxylic acids is 2. The second kappa shape index (κ2) is 11.5. The third-order valence-electron chi connectivity index (χ3n) is 6.31. The number of hydrogen-bond acceptors (Lipinski definition) is 4. The molecule has 0 spiro atoms. The number of carbonyl (C=O) groups is 2. The van der Waals surface area contributed by atoms with Gasteiger partial charge in [-0.2, -0.15) is 0 Å². The zero-order valence-corrected chi connectivity index (χ0v) is 21.3. The van der Waals surface area contributed by atoms with E-state index in [-0.39, 0.29) is 24.5 Å². The van der Waals surface area contributed by atoms with Crippen LogP contribution in [0, 0.1) is 19.8 Å². The second-order valence-electron chi connectivity index (χ2n) is 8.96. The summed E-state index contributed by atoms with van der Waals surface area (Å²) in [5, 5.41) is 4.95. The summed E-state index contributed by atoms with van der Waals surface area (Å²) in [5.41, 5.74) is 3.45. The first-order valence-electron chi connectivity index (χ1n) is 11.9. The number of aryl methyl sites for hydroxylation is 2. The number of rotatable bonds is 9. The Morgan fingerprint density at radius 1 is 1.27 bits per heavy atom. The van der Waals surface area contributed by atoms with E-state index in [1.54, 1.807) is 16.2 Å². The van der Waals surface area contributed by atoms with Crippen LogP contribution in [-0.4, -0.2) is 54.5 Å². The van der Waals surface area contributed by atoms with Crippen LogP contribution in [0.5, 0.6) is 5.75 Å². The molecule has 33 heavy (non-hydrogen) atoms. The predicted octanol–water partition coefficient (Wildman–Crippen LogP) is 4.95. The van der Waals surface area contributed by atoms with Crippen LogP contribution >= 0.6 is 11.3 Å². The maximum Gasteiger partial charge on any atom is 0.317 e. The molecule has 0 aliphatic carbocycles. The Hall–Kier alpha value is -2.54. The number of nitrogens with zero attached hydrogens (tertiary/aromatic N) is 2. The number of nitrogens with one attached hydrogen (secondary N) is 1. The van der Waals surface area contributed by atoms with Crippen molar-refractivity contribution < 1.29 is 14.3 Å².